The van der Waals surface area contributed by atoms with E-state index in [-0.39, 0.29) is 29.3 Å². The zero-order valence-electron chi connectivity index (χ0n) is 11.1. The molecule has 0 aromatic heterocycles. The van der Waals surface area contributed by atoms with E-state index in [2.05, 4.69) is 5.32 Å². The number of carbonyl (C=O) groups is 1. The first-order valence-corrected chi connectivity index (χ1v) is 7.47. The van der Waals surface area contributed by atoms with Crippen molar-refractivity contribution in [2.75, 3.05) is 20.1 Å². The second kappa shape index (κ2) is 6.53. The van der Waals surface area contributed by atoms with Crippen LogP contribution in [0, 0.1) is 0 Å². The van der Waals surface area contributed by atoms with Crippen LogP contribution in [-0.2, 0) is 10.0 Å². The molecule has 0 saturated carbocycles. The van der Waals surface area contributed by atoms with E-state index in [1.165, 1.54) is 35.6 Å². The molecule has 2 rings (SSSR count). The summed E-state index contributed by atoms with van der Waals surface area (Å²) in [6.07, 6.45) is 0.676. The lowest BCUT2D eigenvalue weighted by Gasteiger charge is -2.16. The summed E-state index contributed by atoms with van der Waals surface area (Å²) in [4.78, 5) is 11.6. The van der Waals surface area contributed by atoms with Crippen LogP contribution in [0.25, 0.3) is 0 Å². The highest BCUT2D eigenvalue weighted by molar-refractivity contribution is 7.89. The minimum atomic E-state index is -3.50. The largest absolute Gasteiger partial charge is 0.355 e. The molecule has 1 heterocycles. The van der Waals surface area contributed by atoms with Crippen LogP contribution in [-0.4, -0.2) is 44.8 Å². The second-order valence-corrected chi connectivity index (χ2v) is 6.45. The SMILES string of the molecule is CNC(=O)c1ccc(S(=O)(=O)N2CCC(N)C2)cc1.Cl. The van der Waals surface area contributed by atoms with Gasteiger partial charge in [0, 0.05) is 31.7 Å². The number of hydrogen-bond acceptors (Lipinski definition) is 4. The third-order valence-corrected chi connectivity index (χ3v) is 5.05. The summed E-state index contributed by atoms with van der Waals surface area (Å²) in [7, 11) is -1.97. The smallest absolute Gasteiger partial charge is 0.251 e. The molecule has 8 heteroatoms. The Morgan fingerprint density at radius 3 is 2.40 bits per heavy atom. The Kier molecular flexibility index (Phi) is 5.52. The number of sulfonamides is 1. The van der Waals surface area contributed by atoms with E-state index in [0.717, 1.165) is 0 Å². The van der Waals surface area contributed by atoms with Crippen molar-refractivity contribution in [2.24, 2.45) is 5.73 Å². The maximum atomic E-state index is 12.3. The topological polar surface area (TPSA) is 92.5 Å². The number of benzene rings is 1. The van der Waals surface area contributed by atoms with Gasteiger partial charge in [-0.05, 0) is 30.7 Å². The van der Waals surface area contributed by atoms with Gasteiger partial charge < -0.3 is 11.1 Å². The molecule has 1 saturated heterocycles. The van der Waals surface area contributed by atoms with Gasteiger partial charge in [0.15, 0.2) is 0 Å². The first-order chi connectivity index (χ1) is 8.95. The number of nitrogens with one attached hydrogen (secondary N) is 1. The van der Waals surface area contributed by atoms with Crippen molar-refractivity contribution < 1.29 is 13.2 Å². The number of nitrogens with zero attached hydrogens (tertiary/aromatic N) is 1. The minimum Gasteiger partial charge on any atom is -0.355 e. The van der Waals surface area contributed by atoms with E-state index in [1.807, 2.05) is 0 Å². The lowest BCUT2D eigenvalue weighted by atomic mass is 10.2. The average molecular weight is 320 g/mol. The van der Waals surface area contributed by atoms with Crippen LogP contribution in [0.2, 0.25) is 0 Å². The van der Waals surface area contributed by atoms with Crippen molar-refractivity contribution in [1.29, 1.82) is 0 Å². The van der Waals surface area contributed by atoms with Crippen molar-refractivity contribution in [3.63, 3.8) is 0 Å². The van der Waals surface area contributed by atoms with Gasteiger partial charge in [-0.1, -0.05) is 0 Å². The van der Waals surface area contributed by atoms with Gasteiger partial charge in [0.25, 0.3) is 5.91 Å². The van der Waals surface area contributed by atoms with Gasteiger partial charge in [-0.2, -0.15) is 4.31 Å². The average Bonchev–Trinajstić information content (AvgIpc) is 2.85. The van der Waals surface area contributed by atoms with E-state index in [9.17, 15) is 13.2 Å². The van der Waals surface area contributed by atoms with E-state index >= 15 is 0 Å². The molecule has 1 aliphatic rings. The molecule has 0 bridgehead atoms. The van der Waals surface area contributed by atoms with Gasteiger partial charge in [-0.3, -0.25) is 4.79 Å². The third-order valence-electron chi connectivity index (χ3n) is 3.17. The summed E-state index contributed by atoms with van der Waals surface area (Å²) in [6.45, 7) is 0.792. The molecular weight excluding hydrogens is 302 g/mol. The van der Waals surface area contributed by atoms with E-state index in [4.69, 9.17) is 5.73 Å². The van der Waals surface area contributed by atoms with Crippen molar-refractivity contribution in [1.82, 2.24) is 9.62 Å². The number of nitrogens with two attached hydrogens (primary N) is 1. The van der Waals surface area contributed by atoms with Crippen LogP contribution < -0.4 is 11.1 Å². The number of amides is 1. The Labute approximate surface area is 124 Å². The fourth-order valence-electron chi connectivity index (χ4n) is 2.04. The van der Waals surface area contributed by atoms with Crippen LogP contribution in [0.4, 0.5) is 0 Å². The van der Waals surface area contributed by atoms with Crippen LogP contribution in [0.15, 0.2) is 29.2 Å². The van der Waals surface area contributed by atoms with Gasteiger partial charge in [-0.15, -0.1) is 12.4 Å². The van der Waals surface area contributed by atoms with Crippen molar-refractivity contribution in [2.45, 2.75) is 17.4 Å². The highest BCUT2D eigenvalue weighted by Gasteiger charge is 2.30. The maximum absolute atomic E-state index is 12.3. The normalized spacial score (nSPS) is 19.4. The quantitative estimate of drug-likeness (QED) is 0.832. The van der Waals surface area contributed by atoms with Gasteiger partial charge >= 0.3 is 0 Å². The number of rotatable bonds is 3. The molecule has 1 unspecified atom stereocenters. The molecule has 1 aliphatic heterocycles. The zero-order chi connectivity index (χ0) is 14.0. The summed E-state index contributed by atoms with van der Waals surface area (Å²) in [5.41, 5.74) is 6.15. The molecule has 1 aromatic carbocycles. The Morgan fingerprint density at radius 2 is 1.95 bits per heavy atom. The molecular formula is C12H18ClN3O3S. The Morgan fingerprint density at radius 1 is 1.35 bits per heavy atom. The number of hydrogen-bond donors (Lipinski definition) is 2. The fraction of sp³-hybridized carbons (Fsp3) is 0.417. The van der Waals surface area contributed by atoms with Crippen molar-refractivity contribution >= 4 is 28.3 Å². The highest BCUT2D eigenvalue weighted by Crippen LogP contribution is 2.20. The minimum absolute atomic E-state index is 0. The summed E-state index contributed by atoms with van der Waals surface area (Å²) in [5.74, 6) is -0.243. The number of halogens is 1. The van der Waals surface area contributed by atoms with Crippen LogP contribution in [0.1, 0.15) is 16.8 Å². The van der Waals surface area contributed by atoms with Gasteiger partial charge in [-0.25, -0.2) is 8.42 Å². The lowest BCUT2D eigenvalue weighted by molar-refractivity contribution is 0.0963. The predicted octanol–water partition coefficient (Wildman–Crippen LogP) is 0.190. The van der Waals surface area contributed by atoms with Crippen LogP contribution >= 0.6 is 12.4 Å². The second-order valence-electron chi connectivity index (χ2n) is 4.52. The summed E-state index contributed by atoms with van der Waals surface area (Å²) in [6, 6.07) is 5.80. The summed E-state index contributed by atoms with van der Waals surface area (Å²) >= 11 is 0. The molecule has 112 valence electrons. The summed E-state index contributed by atoms with van der Waals surface area (Å²) in [5, 5.41) is 2.49. The van der Waals surface area contributed by atoms with Gasteiger partial charge in [0.05, 0.1) is 4.90 Å². The monoisotopic (exact) mass is 319 g/mol. The molecule has 1 amide bonds. The van der Waals surface area contributed by atoms with E-state index < -0.39 is 10.0 Å². The maximum Gasteiger partial charge on any atom is 0.251 e. The van der Waals surface area contributed by atoms with Crippen LogP contribution in [0.5, 0.6) is 0 Å². The molecule has 0 spiro atoms. The summed E-state index contributed by atoms with van der Waals surface area (Å²) < 4.78 is 26.0. The Balaban J connectivity index is 0.00000200. The molecule has 20 heavy (non-hydrogen) atoms. The predicted molar refractivity (Wildman–Crippen MR) is 78.4 cm³/mol. The molecule has 3 N–H and O–H groups in total. The molecule has 1 aromatic rings. The third kappa shape index (κ3) is 3.29. The standard InChI is InChI=1S/C12H17N3O3S.ClH/c1-14-12(16)9-2-4-11(5-3-9)19(17,18)15-7-6-10(13)8-15;/h2-5,10H,6-8,13H2,1H3,(H,14,16);1H. The zero-order valence-corrected chi connectivity index (χ0v) is 12.7. The fourth-order valence-corrected chi connectivity index (χ4v) is 3.56. The first kappa shape index (κ1) is 16.9. The van der Waals surface area contributed by atoms with Gasteiger partial charge in [0.1, 0.15) is 0 Å². The van der Waals surface area contributed by atoms with E-state index in [0.29, 0.717) is 25.1 Å². The lowest BCUT2D eigenvalue weighted by Crippen LogP contribution is -2.32. The Hall–Kier alpha value is -1.15. The molecule has 0 aliphatic carbocycles. The van der Waals surface area contributed by atoms with E-state index in [1.54, 1.807) is 0 Å². The number of carbonyl (C=O) groups excluding carboxylic acids is 1. The molecule has 1 fully saturated rings. The Bertz CT molecular complexity index is 574. The molecule has 1 atom stereocenters. The van der Waals surface area contributed by atoms with Crippen molar-refractivity contribution in [3.05, 3.63) is 29.8 Å². The first-order valence-electron chi connectivity index (χ1n) is 6.03. The highest BCUT2D eigenvalue weighted by atomic mass is 35.5. The van der Waals surface area contributed by atoms with Crippen molar-refractivity contribution in [3.8, 4) is 0 Å². The van der Waals surface area contributed by atoms with Gasteiger partial charge in [0.2, 0.25) is 10.0 Å². The molecule has 0 radical (unpaired) electrons. The van der Waals surface area contributed by atoms with Crippen LogP contribution in [0.3, 0.4) is 0 Å². The molecule has 6 nitrogen and oxygen atoms in total.